The molecule has 0 aromatic heterocycles. The average Bonchev–Trinajstić information content (AvgIpc) is 2.57. The molecule has 124 valence electrons. The molecule has 0 aromatic carbocycles. The molecule has 0 aromatic rings. The SMILES string of the molecule is CC.CCC(=O)CN1CCC(CCC2CCNCC2)CC1. The molecule has 2 saturated heterocycles. The number of carbonyl (C=O) groups excluding carboxylic acids is 1. The lowest BCUT2D eigenvalue weighted by Gasteiger charge is -2.32. The first-order valence-corrected chi connectivity index (χ1v) is 9.22. The molecule has 2 heterocycles. The van der Waals surface area contributed by atoms with Gasteiger partial charge in [-0.1, -0.05) is 33.6 Å². The predicted octanol–water partition coefficient (Wildman–Crippen LogP) is 3.48. The molecule has 0 unspecified atom stereocenters. The minimum Gasteiger partial charge on any atom is -0.317 e. The van der Waals surface area contributed by atoms with E-state index in [2.05, 4.69) is 10.2 Å². The predicted molar refractivity (Wildman–Crippen MR) is 90.6 cm³/mol. The highest BCUT2D eigenvalue weighted by Gasteiger charge is 2.21. The number of nitrogens with zero attached hydrogens (tertiary/aromatic N) is 1. The molecule has 3 nitrogen and oxygen atoms in total. The fraction of sp³-hybridized carbons (Fsp3) is 0.944. The van der Waals surface area contributed by atoms with Crippen LogP contribution in [-0.2, 0) is 4.79 Å². The fourth-order valence-corrected chi connectivity index (χ4v) is 3.44. The van der Waals surface area contributed by atoms with Crippen molar-refractivity contribution in [2.24, 2.45) is 11.8 Å². The van der Waals surface area contributed by atoms with Gasteiger partial charge in [-0.05, 0) is 63.7 Å². The minimum absolute atomic E-state index is 0.396. The third-order valence-corrected chi connectivity index (χ3v) is 4.94. The second-order valence-electron chi connectivity index (χ2n) is 6.38. The third kappa shape index (κ3) is 7.42. The number of likely N-dealkylation sites (tertiary alicyclic amines) is 1. The largest absolute Gasteiger partial charge is 0.317 e. The van der Waals surface area contributed by atoms with Crippen molar-refractivity contribution in [1.29, 1.82) is 0 Å². The van der Waals surface area contributed by atoms with Gasteiger partial charge >= 0.3 is 0 Å². The first-order chi connectivity index (χ1) is 10.3. The molecule has 21 heavy (non-hydrogen) atoms. The van der Waals surface area contributed by atoms with Crippen LogP contribution in [0.2, 0.25) is 0 Å². The molecule has 2 rings (SSSR count). The van der Waals surface area contributed by atoms with Crippen LogP contribution in [0.4, 0.5) is 0 Å². The van der Waals surface area contributed by atoms with Gasteiger partial charge in [-0.3, -0.25) is 9.69 Å². The monoisotopic (exact) mass is 296 g/mol. The molecule has 2 aliphatic rings. The Bertz CT molecular complexity index is 266. The van der Waals surface area contributed by atoms with E-state index in [-0.39, 0.29) is 0 Å². The molecule has 2 fully saturated rings. The lowest BCUT2D eigenvalue weighted by Crippen LogP contribution is -2.37. The van der Waals surface area contributed by atoms with Crippen molar-refractivity contribution in [2.45, 2.75) is 65.7 Å². The van der Waals surface area contributed by atoms with Crippen LogP contribution < -0.4 is 5.32 Å². The van der Waals surface area contributed by atoms with Gasteiger partial charge < -0.3 is 5.32 Å². The van der Waals surface area contributed by atoms with Crippen LogP contribution in [0.25, 0.3) is 0 Å². The molecule has 0 bridgehead atoms. The number of ketones is 1. The van der Waals surface area contributed by atoms with Crippen LogP contribution in [0.15, 0.2) is 0 Å². The second kappa shape index (κ2) is 11.2. The van der Waals surface area contributed by atoms with E-state index in [1.807, 2.05) is 20.8 Å². The van der Waals surface area contributed by atoms with E-state index in [9.17, 15) is 4.79 Å². The quantitative estimate of drug-likeness (QED) is 0.814. The summed E-state index contributed by atoms with van der Waals surface area (Å²) in [7, 11) is 0. The van der Waals surface area contributed by atoms with Crippen LogP contribution in [-0.4, -0.2) is 43.4 Å². The van der Waals surface area contributed by atoms with Gasteiger partial charge in [-0.2, -0.15) is 0 Å². The summed E-state index contributed by atoms with van der Waals surface area (Å²) in [5, 5.41) is 3.44. The molecule has 1 N–H and O–H groups in total. The maximum absolute atomic E-state index is 11.4. The molecular weight excluding hydrogens is 260 g/mol. The second-order valence-corrected chi connectivity index (χ2v) is 6.38. The molecule has 0 spiro atoms. The van der Waals surface area contributed by atoms with Crippen LogP contribution >= 0.6 is 0 Å². The Balaban J connectivity index is 0.00000106. The van der Waals surface area contributed by atoms with Gasteiger partial charge in [0.05, 0.1) is 6.54 Å². The van der Waals surface area contributed by atoms with Crippen LogP contribution in [0.3, 0.4) is 0 Å². The van der Waals surface area contributed by atoms with Crippen molar-refractivity contribution in [1.82, 2.24) is 10.2 Å². The number of rotatable bonds is 6. The maximum Gasteiger partial charge on any atom is 0.146 e. The van der Waals surface area contributed by atoms with Crippen LogP contribution in [0, 0.1) is 11.8 Å². The van der Waals surface area contributed by atoms with Crippen molar-refractivity contribution in [3.63, 3.8) is 0 Å². The third-order valence-electron chi connectivity index (χ3n) is 4.94. The number of piperidine rings is 2. The number of hydrogen-bond acceptors (Lipinski definition) is 3. The summed E-state index contributed by atoms with van der Waals surface area (Å²) in [6.45, 7) is 11.4. The van der Waals surface area contributed by atoms with Crippen molar-refractivity contribution in [2.75, 3.05) is 32.7 Å². The smallest absolute Gasteiger partial charge is 0.146 e. The summed E-state index contributed by atoms with van der Waals surface area (Å²) in [5.41, 5.74) is 0. The zero-order valence-electron chi connectivity index (χ0n) is 14.5. The molecular formula is C18H36N2O. The average molecular weight is 296 g/mol. The molecule has 0 atom stereocenters. The van der Waals surface area contributed by atoms with Crippen LogP contribution in [0.1, 0.15) is 65.7 Å². The van der Waals surface area contributed by atoms with Crippen molar-refractivity contribution in [3.05, 3.63) is 0 Å². The van der Waals surface area contributed by atoms with E-state index >= 15 is 0 Å². The van der Waals surface area contributed by atoms with E-state index in [0.29, 0.717) is 18.7 Å². The Morgan fingerprint density at radius 1 is 1.00 bits per heavy atom. The summed E-state index contributed by atoms with van der Waals surface area (Å²) in [6, 6.07) is 0. The topological polar surface area (TPSA) is 32.3 Å². The molecule has 0 amide bonds. The lowest BCUT2D eigenvalue weighted by molar-refractivity contribution is -0.120. The summed E-state index contributed by atoms with van der Waals surface area (Å²) in [5.74, 6) is 2.29. The standard InChI is InChI=1S/C16H30N2O.C2H6/c1-2-16(19)13-18-11-7-15(8-12-18)4-3-14-5-9-17-10-6-14;1-2/h14-15,17H,2-13H2,1H3;1-2H3. The number of Topliss-reactive ketones (excluding diaryl/α,β-unsaturated/α-hetero) is 1. The van der Waals surface area contributed by atoms with Gasteiger partial charge in [-0.15, -0.1) is 0 Å². The highest BCUT2D eigenvalue weighted by Crippen LogP contribution is 2.26. The summed E-state index contributed by atoms with van der Waals surface area (Å²) < 4.78 is 0. The Morgan fingerprint density at radius 3 is 2.05 bits per heavy atom. The van der Waals surface area contributed by atoms with Gasteiger partial charge in [0.15, 0.2) is 0 Å². The molecule has 3 heteroatoms. The van der Waals surface area contributed by atoms with Gasteiger partial charge in [0.25, 0.3) is 0 Å². The van der Waals surface area contributed by atoms with E-state index in [1.54, 1.807) is 0 Å². The Kier molecular flexibility index (Phi) is 9.94. The van der Waals surface area contributed by atoms with E-state index in [1.165, 1.54) is 51.6 Å². The van der Waals surface area contributed by atoms with E-state index < -0.39 is 0 Å². The van der Waals surface area contributed by atoms with Crippen molar-refractivity contribution < 1.29 is 4.79 Å². The van der Waals surface area contributed by atoms with Crippen LogP contribution in [0.5, 0.6) is 0 Å². The lowest BCUT2D eigenvalue weighted by atomic mass is 9.85. The fourth-order valence-electron chi connectivity index (χ4n) is 3.44. The van der Waals surface area contributed by atoms with E-state index in [0.717, 1.165) is 24.9 Å². The zero-order valence-corrected chi connectivity index (χ0v) is 14.5. The summed E-state index contributed by atoms with van der Waals surface area (Å²) in [4.78, 5) is 13.8. The Labute approximate surface area is 131 Å². The first kappa shape index (κ1) is 18.6. The zero-order chi connectivity index (χ0) is 15.5. The molecule has 0 saturated carbocycles. The minimum atomic E-state index is 0.396. The number of nitrogens with one attached hydrogen (secondary N) is 1. The van der Waals surface area contributed by atoms with Gasteiger partial charge in [-0.25, -0.2) is 0 Å². The van der Waals surface area contributed by atoms with E-state index in [4.69, 9.17) is 0 Å². The Hall–Kier alpha value is -0.410. The van der Waals surface area contributed by atoms with Crippen molar-refractivity contribution in [3.8, 4) is 0 Å². The summed E-state index contributed by atoms with van der Waals surface area (Å²) in [6.07, 6.45) is 8.91. The molecule has 0 radical (unpaired) electrons. The maximum atomic E-state index is 11.4. The highest BCUT2D eigenvalue weighted by molar-refractivity contribution is 5.80. The summed E-state index contributed by atoms with van der Waals surface area (Å²) >= 11 is 0. The normalized spacial score (nSPS) is 21.7. The first-order valence-electron chi connectivity index (χ1n) is 9.22. The molecule has 0 aliphatic carbocycles. The van der Waals surface area contributed by atoms with Gasteiger partial charge in [0, 0.05) is 6.42 Å². The number of carbonyl (C=O) groups is 1. The molecule has 2 aliphatic heterocycles. The number of hydrogen-bond donors (Lipinski definition) is 1. The van der Waals surface area contributed by atoms with Gasteiger partial charge in [0.1, 0.15) is 5.78 Å². The highest BCUT2D eigenvalue weighted by atomic mass is 16.1. The van der Waals surface area contributed by atoms with Crippen molar-refractivity contribution >= 4 is 5.78 Å². The van der Waals surface area contributed by atoms with Gasteiger partial charge in [0.2, 0.25) is 0 Å². The Morgan fingerprint density at radius 2 is 1.52 bits per heavy atom.